The first-order valence-corrected chi connectivity index (χ1v) is 12.9. The van der Waals surface area contributed by atoms with Gasteiger partial charge in [0.2, 0.25) is 11.9 Å². The van der Waals surface area contributed by atoms with E-state index in [1.54, 1.807) is 36.5 Å². The third kappa shape index (κ3) is 5.64. The van der Waals surface area contributed by atoms with Crippen molar-refractivity contribution < 1.29 is 9.18 Å². The molecule has 3 N–H and O–H groups in total. The molecular formula is C28H32FN5O2. The van der Waals surface area contributed by atoms with Crippen molar-refractivity contribution in [3.05, 3.63) is 65.0 Å². The molecule has 0 bridgehead atoms. The highest BCUT2D eigenvalue weighted by Gasteiger charge is 2.27. The van der Waals surface area contributed by atoms with E-state index < -0.39 is 5.82 Å². The summed E-state index contributed by atoms with van der Waals surface area (Å²) in [5, 5.41) is 6.62. The van der Waals surface area contributed by atoms with Crippen LogP contribution < -0.4 is 16.2 Å². The number of nitrogens with zero attached hydrogens (tertiary/aromatic N) is 2. The van der Waals surface area contributed by atoms with Crippen molar-refractivity contribution in [2.45, 2.75) is 69.9 Å². The third-order valence-corrected chi connectivity index (χ3v) is 7.39. The van der Waals surface area contributed by atoms with Crippen LogP contribution in [0.15, 0.2) is 53.6 Å². The van der Waals surface area contributed by atoms with Gasteiger partial charge in [-0.2, -0.15) is 0 Å². The third-order valence-electron chi connectivity index (χ3n) is 7.39. The number of hydrogen-bond donors (Lipinski definition) is 3. The van der Waals surface area contributed by atoms with Crippen molar-refractivity contribution in [1.82, 2.24) is 20.3 Å². The fraction of sp³-hybridized carbons (Fsp3) is 0.429. The molecule has 2 aliphatic rings. The van der Waals surface area contributed by atoms with E-state index in [0.717, 1.165) is 51.4 Å². The van der Waals surface area contributed by atoms with E-state index in [9.17, 15) is 14.0 Å². The van der Waals surface area contributed by atoms with Gasteiger partial charge in [0.05, 0.1) is 6.20 Å². The maximum Gasteiger partial charge on any atom is 0.255 e. The van der Waals surface area contributed by atoms with Gasteiger partial charge >= 0.3 is 0 Å². The fourth-order valence-corrected chi connectivity index (χ4v) is 5.37. The highest BCUT2D eigenvalue weighted by molar-refractivity contribution is 5.79. The first-order chi connectivity index (χ1) is 17.6. The average Bonchev–Trinajstić information content (AvgIpc) is 2.92. The van der Waals surface area contributed by atoms with Crippen LogP contribution >= 0.6 is 0 Å². The van der Waals surface area contributed by atoms with Gasteiger partial charge in [-0.1, -0.05) is 37.5 Å². The number of carbonyl (C=O) groups excluding carboxylic acids is 1. The summed E-state index contributed by atoms with van der Waals surface area (Å²) in [7, 11) is 0. The van der Waals surface area contributed by atoms with Gasteiger partial charge in [0.1, 0.15) is 5.69 Å². The Balaban J connectivity index is 1.22. The lowest BCUT2D eigenvalue weighted by Gasteiger charge is -2.31. The van der Waals surface area contributed by atoms with Gasteiger partial charge in [0.15, 0.2) is 5.82 Å². The van der Waals surface area contributed by atoms with Gasteiger partial charge in [0.25, 0.3) is 5.56 Å². The summed E-state index contributed by atoms with van der Waals surface area (Å²) in [5.41, 5.74) is 1.77. The average molecular weight is 490 g/mol. The monoisotopic (exact) mass is 489 g/mol. The van der Waals surface area contributed by atoms with Crippen LogP contribution in [0.4, 0.5) is 10.3 Å². The standard InChI is InChI=1S/C28H32FN5O2/c29-24-17-31-28(33-22-13-11-21(12-14-22)32-26(35)18-6-2-1-3-7-18)34-25(24)20-9-4-8-19(16-20)23-10-5-15-30-27(23)36/h4-5,8-10,15-18,21-22H,1-3,6-7,11-14H2,(H,30,36)(H,32,35)(H,31,33,34). The summed E-state index contributed by atoms with van der Waals surface area (Å²) < 4.78 is 14.7. The van der Waals surface area contributed by atoms with Crippen molar-refractivity contribution in [2.75, 3.05) is 5.32 Å². The van der Waals surface area contributed by atoms with E-state index in [0.29, 0.717) is 22.6 Å². The number of halogens is 1. The van der Waals surface area contributed by atoms with Crippen LogP contribution in [0.1, 0.15) is 57.8 Å². The Morgan fingerprint density at radius 1 is 0.944 bits per heavy atom. The number of aromatic nitrogens is 3. The van der Waals surface area contributed by atoms with Crippen LogP contribution in [0, 0.1) is 11.7 Å². The smallest absolute Gasteiger partial charge is 0.255 e. The minimum absolute atomic E-state index is 0.167. The molecule has 2 aliphatic carbocycles. The molecule has 3 aromatic rings. The number of hydrogen-bond acceptors (Lipinski definition) is 5. The summed E-state index contributed by atoms with van der Waals surface area (Å²) in [6, 6.07) is 11.0. The molecule has 2 heterocycles. The topological polar surface area (TPSA) is 99.8 Å². The molecule has 0 aliphatic heterocycles. The fourth-order valence-electron chi connectivity index (χ4n) is 5.37. The second kappa shape index (κ2) is 11.0. The Hall–Kier alpha value is -3.55. The van der Waals surface area contributed by atoms with Crippen molar-refractivity contribution >= 4 is 11.9 Å². The summed E-state index contributed by atoms with van der Waals surface area (Å²) in [6.07, 6.45) is 11.9. The number of aromatic amines is 1. The van der Waals surface area contributed by atoms with Gasteiger partial charge < -0.3 is 15.6 Å². The molecule has 8 heteroatoms. The molecule has 0 spiro atoms. The predicted octanol–water partition coefficient (Wildman–Crippen LogP) is 5.06. The summed E-state index contributed by atoms with van der Waals surface area (Å²) in [6.45, 7) is 0. The van der Waals surface area contributed by atoms with Crippen LogP contribution in [-0.4, -0.2) is 32.9 Å². The molecule has 188 valence electrons. The normalized spacial score (nSPS) is 20.6. The molecule has 0 unspecified atom stereocenters. The Kier molecular flexibility index (Phi) is 7.39. The lowest BCUT2D eigenvalue weighted by atomic mass is 9.87. The van der Waals surface area contributed by atoms with Gasteiger partial charge in [-0.15, -0.1) is 0 Å². The van der Waals surface area contributed by atoms with E-state index in [1.165, 1.54) is 12.6 Å². The van der Waals surface area contributed by atoms with E-state index in [4.69, 9.17) is 0 Å². The highest BCUT2D eigenvalue weighted by Crippen LogP contribution is 2.28. The second-order valence-corrected chi connectivity index (χ2v) is 9.92. The molecule has 2 saturated carbocycles. The molecule has 2 fully saturated rings. The zero-order valence-electron chi connectivity index (χ0n) is 20.3. The van der Waals surface area contributed by atoms with Crippen LogP contribution in [0.5, 0.6) is 0 Å². The molecule has 5 rings (SSSR count). The summed E-state index contributed by atoms with van der Waals surface area (Å²) >= 11 is 0. The Bertz CT molecular complexity index is 1260. The summed E-state index contributed by atoms with van der Waals surface area (Å²) in [5.74, 6) is 0.259. The Morgan fingerprint density at radius 3 is 2.47 bits per heavy atom. The van der Waals surface area contributed by atoms with Gasteiger partial charge in [-0.05, 0) is 62.3 Å². The lowest BCUT2D eigenvalue weighted by Crippen LogP contribution is -2.43. The van der Waals surface area contributed by atoms with E-state index in [-0.39, 0.29) is 35.2 Å². The van der Waals surface area contributed by atoms with Crippen molar-refractivity contribution in [3.8, 4) is 22.4 Å². The highest BCUT2D eigenvalue weighted by atomic mass is 19.1. The molecule has 0 saturated heterocycles. The van der Waals surface area contributed by atoms with Crippen molar-refractivity contribution in [2.24, 2.45) is 5.92 Å². The molecular weight excluding hydrogens is 457 g/mol. The number of nitrogens with one attached hydrogen (secondary N) is 3. The minimum Gasteiger partial charge on any atom is -0.353 e. The van der Waals surface area contributed by atoms with E-state index in [2.05, 4.69) is 25.6 Å². The van der Waals surface area contributed by atoms with Gasteiger partial charge in [0, 0.05) is 35.3 Å². The maximum atomic E-state index is 14.7. The number of rotatable bonds is 6. The number of H-pyrrole nitrogens is 1. The first kappa shape index (κ1) is 24.2. The van der Waals surface area contributed by atoms with Crippen LogP contribution in [0.3, 0.4) is 0 Å². The number of pyridine rings is 1. The molecule has 2 aromatic heterocycles. The second-order valence-electron chi connectivity index (χ2n) is 9.92. The zero-order valence-corrected chi connectivity index (χ0v) is 20.3. The molecule has 1 aromatic carbocycles. The predicted molar refractivity (Wildman–Crippen MR) is 138 cm³/mol. The number of anilines is 1. The largest absolute Gasteiger partial charge is 0.353 e. The van der Waals surface area contributed by atoms with E-state index in [1.807, 2.05) is 6.07 Å². The SMILES string of the molecule is O=C(NC1CCC(Nc2ncc(F)c(-c3cccc(-c4ccc[nH]c4=O)c3)n2)CC1)C1CCCCC1. The molecule has 0 atom stereocenters. The number of amides is 1. The number of carbonyl (C=O) groups is 1. The van der Waals surface area contributed by atoms with Gasteiger partial charge in [-0.25, -0.2) is 14.4 Å². The summed E-state index contributed by atoms with van der Waals surface area (Å²) in [4.78, 5) is 36.1. The Morgan fingerprint density at radius 2 is 1.69 bits per heavy atom. The maximum absolute atomic E-state index is 14.7. The molecule has 0 radical (unpaired) electrons. The molecule has 1 amide bonds. The first-order valence-electron chi connectivity index (χ1n) is 12.9. The Labute approximate surface area is 210 Å². The van der Waals surface area contributed by atoms with Gasteiger partial charge in [-0.3, -0.25) is 9.59 Å². The lowest BCUT2D eigenvalue weighted by molar-refractivity contribution is -0.126. The van der Waals surface area contributed by atoms with Crippen molar-refractivity contribution in [1.29, 1.82) is 0 Å². The molecule has 7 nitrogen and oxygen atoms in total. The quantitative estimate of drug-likeness (QED) is 0.450. The zero-order chi connectivity index (χ0) is 24.9. The minimum atomic E-state index is -0.520. The molecule has 36 heavy (non-hydrogen) atoms. The van der Waals surface area contributed by atoms with Crippen LogP contribution in [0.25, 0.3) is 22.4 Å². The van der Waals surface area contributed by atoms with Crippen molar-refractivity contribution in [3.63, 3.8) is 0 Å². The number of benzene rings is 1. The van der Waals surface area contributed by atoms with Crippen LogP contribution in [0.2, 0.25) is 0 Å². The van der Waals surface area contributed by atoms with E-state index >= 15 is 0 Å². The van der Waals surface area contributed by atoms with Crippen LogP contribution in [-0.2, 0) is 4.79 Å².